The van der Waals surface area contributed by atoms with Gasteiger partial charge in [-0.05, 0) is 6.42 Å². The SMILES string of the molecule is N#CCCCOC(=O)C1COC(=O)O1. The second kappa shape index (κ2) is 5.07. The van der Waals surface area contributed by atoms with Crippen LogP contribution in [-0.4, -0.2) is 31.4 Å². The molecule has 0 aromatic heterocycles. The Kier molecular flexibility index (Phi) is 3.73. The van der Waals surface area contributed by atoms with Gasteiger partial charge in [-0.25, -0.2) is 9.59 Å². The van der Waals surface area contributed by atoms with E-state index < -0.39 is 18.2 Å². The van der Waals surface area contributed by atoms with Crippen LogP contribution in [-0.2, 0) is 19.0 Å². The first kappa shape index (κ1) is 10.3. The van der Waals surface area contributed by atoms with Crippen molar-refractivity contribution in [2.24, 2.45) is 0 Å². The molecule has 1 aliphatic heterocycles. The number of esters is 1. The van der Waals surface area contributed by atoms with E-state index in [0.29, 0.717) is 12.8 Å². The van der Waals surface area contributed by atoms with E-state index in [1.807, 2.05) is 6.07 Å². The van der Waals surface area contributed by atoms with E-state index in [0.717, 1.165) is 0 Å². The van der Waals surface area contributed by atoms with E-state index in [1.54, 1.807) is 0 Å². The second-order valence-electron chi connectivity index (χ2n) is 2.60. The molecule has 1 saturated heterocycles. The smallest absolute Gasteiger partial charge is 0.463 e. The quantitative estimate of drug-likeness (QED) is 0.480. The van der Waals surface area contributed by atoms with E-state index >= 15 is 0 Å². The summed E-state index contributed by atoms with van der Waals surface area (Å²) in [7, 11) is 0. The molecule has 1 fully saturated rings. The number of unbranched alkanes of at least 4 members (excludes halogenated alkanes) is 1. The lowest BCUT2D eigenvalue weighted by Gasteiger charge is -2.05. The molecule has 0 spiro atoms. The Hall–Kier alpha value is -1.77. The fourth-order valence-electron chi connectivity index (χ4n) is 0.861. The van der Waals surface area contributed by atoms with Crippen LogP contribution in [0.15, 0.2) is 0 Å². The zero-order valence-corrected chi connectivity index (χ0v) is 7.39. The third-order valence-electron chi connectivity index (χ3n) is 1.53. The summed E-state index contributed by atoms with van der Waals surface area (Å²) in [5.41, 5.74) is 0. The Morgan fingerprint density at radius 1 is 1.71 bits per heavy atom. The van der Waals surface area contributed by atoms with Crippen molar-refractivity contribution in [1.29, 1.82) is 5.26 Å². The van der Waals surface area contributed by atoms with Crippen molar-refractivity contribution >= 4 is 12.1 Å². The zero-order valence-electron chi connectivity index (χ0n) is 7.39. The van der Waals surface area contributed by atoms with Gasteiger partial charge in [0.25, 0.3) is 0 Å². The lowest BCUT2D eigenvalue weighted by molar-refractivity contribution is -0.151. The van der Waals surface area contributed by atoms with E-state index in [4.69, 9.17) is 10.00 Å². The Balaban J connectivity index is 2.16. The number of nitrogens with zero attached hydrogens (tertiary/aromatic N) is 1. The molecule has 1 rings (SSSR count). The van der Waals surface area contributed by atoms with Crippen molar-refractivity contribution in [2.45, 2.75) is 18.9 Å². The molecule has 6 heteroatoms. The molecule has 76 valence electrons. The van der Waals surface area contributed by atoms with Crippen LogP contribution in [0.4, 0.5) is 4.79 Å². The lowest BCUT2D eigenvalue weighted by Crippen LogP contribution is -2.25. The van der Waals surface area contributed by atoms with E-state index in [1.165, 1.54) is 0 Å². The predicted molar refractivity (Wildman–Crippen MR) is 42.0 cm³/mol. The normalized spacial score (nSPS) is 19.4. The fourth-order valence-corrected chi connectivity index (χ4v) is 0.861. The fraction of sp³-hybridized carbons (Fsp3) is 0.625. The number of hydrogen-bond donors (Lipinski definition) is 0. The average Bonchev–Trinajstić information content (AvgIpc) is 2.59. The van der Waals surface area contributed by atoms with Crippen LogP contribution >= 0.6 is 0 Å². The number of rotatable bonds is 4. The van der Waals surface area contributed by atoms with Crippen LogP contribution in [0.5, 0.6) is 0 Å². The number of ether oxygens (including phenoxy) is 3. The molecule has 1 heterocycles. The van der Waals surface area contributed by atoms with Gasteiger partial charge in [0, 0.05) is 6.42 Å². The summed E-state index contributed by atoms with van der Waals surface area (Å²) < 4.78 is 13.6. The summed E-state index contributed by atoms with van der Waals surface area (Å²) in [6.07, 6.45) is -1.01. The van der Waals surface area contributed by atoms with Gasteiger partial charge >= 0.3 is 12.1 Å². The third kappa shape index (κ3) is 2.94. The molecule has 14 heavy (non-hydrogen) atoms. The van der Waals surface area contributed by atoms with Crippen LogP contribution < -0.4 is 0 Å². The minimum Gasteiger partial charge on any atom is -0.463 e. The van der Waals surface area contributed by atoms with Gasteiger partial charge in [-0.15, -0.1) is 0 Å². The third-order valence-corrected chi connectivity index (χ3v) is 1.53. The molecule has 0 amide bonds. The van der Waals surface area contributed by atoms with E-state index in [9.17, 15) is 9.59 Å². The maximum atomic E-state index is 11.1. The number of nitriles is 1. The van der Waals surface area contributed by atoms with Crippen molar-refractivity contribution in [2.75, 3.05) is 13.2 Å². The van der Waals surface area contributed by atoms with Crippen LogP contribution in [0.1, 0.15) is 12.8 Å². The summed E-state index contributed by atoms with van der Waals surface area (Å²) in [5.74, 6) is -0.631. The minimum absolute atomic E-state index is 0.101. The van der Waals surface area contributed by atoms with E-state index in [-0.39, 0.29) is 13.2 Å². The van der Waals surface area contributed by atoms with Crippen molar-refractivity contribution in [1.82, 2.24) is 0 Å². The van der Waals surface area contributed by atoms with Crippen molar-refractivity contribution in [3.63, 3.8) is 0 Å². The van der Waals surface area contributed by atoms with E-state index in [2.05, 4.69) is 9.47 Å². The van der Waals surface area contributed by atoms with Crippen molar-refractivity contribution < 1.29 is 23.8 Å². The second-order valence-corrected chi connectivity index (χ2v) is 2.60. The van der Waals surface area contributed by atoms with Crippen LogP contribution in [0.25, 0.3) is 0 Å². The maximum Gasteiger partial charge on any atom is 0.509 e. The predicted octanol–water partition coefficient (Wildman–Crippen LogP) is 0.369. The highest BCUT2D eigenvalue weighted by atomic mass is 16.8. The van der Waals surface area contributed by atoms with Crippen LogP contribution in [0.3, 0.4) is 0 Å². The van der Waals surface area contributed by atoms with Crippen molar-refractivity contribution in [3.05, 3.63) is 0 Å². The Morgan fingerprint density at radius 3 is 3.07 bits per heavy atom. The maximum absolute atomic E-state index is 11.1. The first-order valence-corrected chi connectivity index (χ1v) is 4.11. The molecule has 6 nitrogen and oxygen atoms in total. The molecular weight excluding hydrogens is 190 g/mol. The molecular formula is C8H9NO5. The van der Waals surface area contributed by atoms with Crippen molar-refractivity contribution in [3.8, 4) is 6.07 Å². The Labute approximate surface area is 80.3 Å². The highest BCUT2D eigenvalue weighted by Crippen LogP contribution is 2.07. The highest BCUT2D eigenvalue weighted by molar-refractivity contribution is 5.79. The molecule has 0 radical (unpaired) electrons. The molecule has 0 aromatic rings. The molecule has 1 unspecified atom stereocenters. The molecule has 0 bridgehead atoms. The van der Waals surface area contributed by atoms with Gasteiger partial charge in [-0.2, -0.15) is 5.26 Å². The average molecular weight is 199 g/mol. The summed E-state index contributed by atoms with van der Waals surface area (Å²) in [6.45, 7) is 0.0519. The van der Waals surface area contributed by atoms with Crippen LogP contribution in [0, 0.1) is 11.3 Å². The van der Waals surface area contributed by atoms with Gasteiger partial charge in [0.05, 0.1) is 12.7 Å². The molecule has 1 atom stereocenters. The molecule has 0 N–H and O–H groups in total. The summed E-state index contributed by atoms with van der Waals surface area (Å²) >= 11 is 0. The van der Waals surface area contributed by atoms with Gasteiger partial charge in [0.1, 0.15) is 6.61 Å². The number of cyclic esters (lactones) is 2. The highest BCUT2D eigenvalue weighted by Gasteiger charge is 2.32. The number of hydrogen-bond acceptors (Lipinski definition) is 6. The van der Waals surface area contributed by atoms with Gasteiger partial charge in [-0.3, -0.25) is 0 Å². The minimum atomic E-state index is -0.954. The van der Waals surface area contributed by atoms with Gasteiger partial charge in [0.2, 0.25) is 6.10 Å². The molecule has 0 aromatic carbocycles. The number of carbonyl (C=O) groups excluding carboxylic acids is 2. The lowest BCUT2D eigenvalue weighted by atomic mass is 10.3. The van der Waals surface area contributed by atoms with Gasteiger partial charge in [-0.1, -0.05) is 0 Å². The first-order valence-electron chi connectivity index (χ1n) is 4.11. The summed E-state index contributed by atoms with van der Waals surface area (Å²) in [4.78, 5) is 21.5. The largest absolute Gasteiger partial charge is 0.509 e. The Morgan fingerprint density at radius 2 is 2.50 bits per heavy atom. The van der Waals surface area contributed by atoms with Gasteiger partial charge in [0.15, 0.2) is 0 Å². The Bertz CT molecular complexity index is 269. The monoisotopic (exact) mass is 199 g/mol. The van der Waals surface area contributed by atoms with Crippen LogP contribution in [0.2, 0.25) is 0 Å². The number of carbonyl (C=O) groups is 2. The molecule has 0 saturated carbocycles. The first-order chi connectivity index (χ1) is 6.74. The van der Waals surface area contributed by atoms with Gasteiger partial charge < -0.3 is 14.2 Å². The summed E-state index contributed by atoms with van der Waals surface area (Å²) in [6, 6.07) is 1.92. The summed E-state index contributed by atoms with van der Waals surface area (Å²) in [5, 5.41) is 8.20. The molecule has 0 aliphatic carbocycles. The standard InChI is InChI=1S/C8H9NO5/c9-3-1-2-4-12-7(10)6-5-13-8(11)14-6/h6H,1-2,4-5H2. The zero-order chi connectivity index (χ0) is 10.4. The molecule has 1 aliphatic rings. The topological polar surface area (TPSA) is 85.6 Å².